The molecule has 2 N–H and O–H groups in total. The third kappa shape index (κ3) is 4.24. The van der Waals surface area contributed by atoms with E-state index in [1.54, 1.807) is 12.1 Å². The first-order chi connectivity index (χ1) is 13.3. The number of hydrogen-bond acceptors (Lipinski definition) is 3. The number of carbonyl (C=O) groups is 1. The van der Waals surface area contributed by atoms with Crippen LogP contribution in [0.1, 0.15) is 15.9 Å². The molecule has 0 aliphatic carbocycles. The molecule has 0 heterocycles. The van der Waals surface area contributed by atoms with Gasteiger partial charge in [0, 0.05) is 0 Å². The van der Waals surface area contributed by atoms with Gasteiger partial charge in [0.05, 0.1) is 10.5 Å². The SMILES string of the molecule is Cc1cc(-c2cccc(F)c2)cc(C(=O)NNS(=O)(=O)c2ccccc2)c1F. The van der Waals surface area contributed by atoms with Crippen LogP contribution in [0, 0.1) is 18.6 Å². The van der Waals surface area contributed by atoms with Crippen molar-refractivity contribution in [1.29, 1.82) is 0 Å². The minimum Gasteiger partial charge on any atom is -0.273 e. The van der Waals surface area contributed by atoms with Crippen molar-refractivity contribution in [2.24, 2.45) is 0 Å². The Balaban J connectivity index is 1.87. The average Bonchev–Trinajstić information content (AvgIpc) is 2.69. The van der Waals surface area contributed by atoms with Crippen LogP contribution in [0.5, 0.6) is 0 Å². The standard InChI is InChI=1S/C20H16F2N2O3S/c1-13-10-15(14-6-5-7-16(21)11-14)12-18(19(13)22)20(25)23-24-28(26,27)17-8-3-2-4-9-17/h2-12,24H,1H3,(H,23,25). The number of halogens is 2. The summed E-state index contributed by atoms with van der Waals surface area (Å²) in [6, 6.07) is 15.8. The van der Waals surface area contributed by atoms with Crippen LogP contribution in [0.25, 0.3) is 11.1 Å². The third-order valence-corrected chi connectivity index (χ3v) is 5.27. The van der Waals surface area contributed by atoms with Gasteiger partial charge in [-0.15, -0.1) is 4.83 Å². The monoisotopic (exact) mass is 402 g/mol. The van der Waals surface area contributed by atoms with Crippen molar-refractivity contribution < 1.29 is 22.0 Å². The van der Waals surface area contributed by atoms with Crippen molar-refractivity contribution >= 4 is 15.9 Å². The smallest absolute Gasteiger partial charge is 0.269 e. The molecule has 5 nitrogen and oxygen atoms in total. The molecule has 1 amide bonds. The topological polar surface area (TPSA) is 75.3 Å². The molecule has 0 spiro atoms. The molecule has 0 atom stereocenters. The van der Waals surface area contributed by atoms with E-state index in [-0.39, 0.29) is 16.0 Å². The number of benzene rings is 3. The minimum atomic E-state index is -4.01. The molecule has 8 heteroatoms. The van der Waals surface area contributed by atoms with Gasteiger partial charge in [-0.2, -0.15) is 0 Å². The molecule has 0 radical (unpaired) electrons. The lowest BCUT2D eigenvalue weighted by Gasteiger charge is -2.12. The predicted molar refractivity (Wildman–Crippen MR) is 101 cm³/mol. The van der Waals surface area contributed by atoms with E-state index in [1.807, 2.05) is 10.3 Å². The molecule has 0 saturated heterocycles. The molecular weight excluding hydrogens is 386 g/mol. The minimum absolute atomic E-state index is 0.0551. The zero-order valence-corrected chi connectivity index (χ0v) is 15.6. The van der Waals surface area contributed by atoms with E-state index in [0.717, 1.165) is 0 Å². The van der Waals surface area contributed by atoms with Crippen LogP contribution >= 0.6 is 0 Å². The van der Waals surface area contributed by atoms with E-state index < -0.39 is 27.6 Å². The number of amides is 1. The van der Waals surface area contributed by atoms with E-state index >= 15 is 0 Å². The van der Waals surface area contributed by atoms with E-state index in [2.05, 4.69) is 0 Å². The molecule has 0 aliphatic rings. The fourth-order valence-electron chi connectivity index (χ4n) is 2.61. The highest BCUT2D eigenvalue weighted by atomic mass is 32.2. The lowest BCUT2D eigenvalue weighted by molar-refractivity contribution is 0.0941. The fourth-order valence-corrected chi connectivity index (χ4v) is 3.47. The largest absolute Gasteiger partial charge is 0.273 e. The molecular formula is C20H16F2N2O3S. The van der Waals surface area contributed by atoms with Crippen LogP contribution < -0.4 is 10.3 Å². The Labute approximate surface area is 161 Å². The van der Waals surface area contributed by atoms with Gasteiger partial charge in [-0.25, -0.2) is 17.2 Å². The second-order valence-corrected chi connectivity index (χ2v) is 7.72. The number of nitrogens with one attached hydrogen (secondary N) is 2. The van der Waals surface area contributed by atoms with Crippen molar-refractivity contribution in [3.05, 3.63) is 89.5 Å². The second kappa shape index (κ2) is 7.87. The average molecular weight is 402 g/mol. The van der Waals surface area contributed by atoms with Crippen LogP contribution in [0.4, 0.5) is 8.78 Å². The lowest BCUT2D eigenvalue weighted by atomic mass is 9.99. The molecule has 0 bridgehead atoms. The van der Waals surface area contributed by atoms with Crippen LogP contribution in [0.3, 0.4) is 0 Å². The van der Waals surface area contributed by atoms with Gasteiger partial charge in [0.25, 0.3) is 15.9 Å². The van der Waals surface area contributed by atoms with Crippen molar-refractivity contribution in [2.75, 3.05) is 0 Å². The summed E-state index contributed by atoms with van der Waals surface area (Å²) in [7, 11) is -4.01. The quantitative estimate of drug-likeness (QED) is 0.641. The van der Waals surface area contributed by atoms with Crippen LogP contribution in [0.2, 0.25) is 0 Å². The Morgan fingerprint density at radius 1 is 0.893 bits per heavy atom. The highest BCUT2D eigenvalue weighted by Crippen LogP contribution is 2.25. The molecule has 3 rings (SSSR count). The van der Waals surface area contributed by atoms with Gasteiger partial charge < -0.3 is 0 Å². The summed E-state index contributed by atoms with van der Waals surface area (Å²) in [5, 5.41) is 0. The van der Waals surface area contributed by atoms with Crippen molar-refractivity contribution in [3.8, 4) is 11.1 Å². The van der Waals surface area contributed by atoms with Gasteiger partial charge in [-0.05, 0) is 60.0 Å². The molecule has 0 aromatic heterocycles. The molecule has 0 unspecified atom stereocenters. The Morgan fingerprint density at radius 2 is 1.61 bits per heavy atom. The highest BCUT2D eigenvalue weighted by Gasteiger charge is 2.19. The summed E-state index contributed by atoms with van der Waals surface area (Å²) in [6.45, 7) is 1.46. The Kier molecular flexibility index (Phi) is 5.53. The molecule has 3 aromatic rings. The first-order valence-corrected chi connectivity index (χ1v) is 9.69. The van der Waals surface area contributed by atoms with Gasteiger partial charge in [0.1, 0.15) is 11.6 Å². The number of aryl methyl sites for hydroxylation is 1. The maximum Gasteiger partial charge on any atom is 0.269 e. The molecule has 0 saturated carbocycles. The first kappa shape index (κ1) is 19.7. The van der Waals surface area contributed by atoms with E-state index in [9.17, 15) is 22.0 Å². The highest BCUT2D eigenvalue weighted by molar-refractivity contribution is 7.89. The number of rotatable bonds is 5. The molecule has 144 valence electrons. The van der Waals surface area contributed by atoms with Crippen LogP contribution in [-0.4, -0.2) is 14.3 Å². The molecule has 0 fully saturated rings. The summed E-state index contributed by atoms with van der Waals surface area (Å²) in [6.07, 6.45) is 0. The van der Waals surface area contributed by atoms with Crippen LogP contribution in [0.15, 0.2) is 71.6 Å². The molecule has 28 heavy (non-hydrogen) atoms. The molecule has 3 aromatic carbocycles. The van der Waals surface area contributed by atoms with E-state index in [4.69, 9.17) is 0 Å². The van der Waals surface area contributed by atoms with Crippen LogP contribution in [-0.2, 0) is 10.0 Å². The number of carbonyl (C=O) groups excluding carboxylic acids is 1. The number of sulfonamides is 1. The lowest BCUT2D eigenvalue weighted by Crippen LogP contribution is -2.41. The van der Waals surface area contributed by atoms with Crippen molar-refractivity contribution in [2.45, 2.75) is 11.8 Å². The zero-order chi connectivity index (χ0) is 20.3. The van der Waals surface area contributed by atoms with E-state index in [1.165, 1.54) is 61.5 Å². The van der Waals surface area contributed by atoms with Gasteiger partial charge in [-0.3, -0.25) is 10.2 Å². The predicted octanol–water partition coefficient (Wildman–Crippen LogP) is 3.56. The molecule has 0 aliphatic heterocycles. The van der Waals surface area contributed by atoms with E-state index in [0.29, 0.717) is 11.1 Å². The Hall–Kier alpha value is -3.10. The van der Waals surface area contributed by atoms with Crippen molar-refractivity contribution in [1.82, 2.24) is 10.3 Å². The number of hydrazine groups is 1. The second-order valence-electron chi connectivity index (χ2n) is 6.04. The summed E-state index contributed by atoms with van der Waals surface area (Å²) >= 11 is 0. The summed E-state index contributed by atoms with van der Waals surface area (Å²) in [4.78, 5) is 14.3. The number of hydrogen-bond donors (Lipinski definition) is 2. The Morgan fingerprint density at radius 3 is 2.29 bits per heavy atom. The zero-order valence-electron chi connectivity index (χ0n) is 14.7. The van der Waals surface area contributed by atoms with Crippen molar-refractivity contribution in [3.63, 3.8) is 0 Å². The normalized spacial score (nSPS) is 11.2. The maximum atomic E-state index is 14.5. The third-order valence-electron chi connectivity index (χ3n) is 4.01. The first-order valence-electron chi connectivity index (χ1n) is 8.21. The fraction of sp³-hybridized carbons (Fsp3) is 0.0500. The van der Waals surface area contributed by atoms with Gasteiger partial charge in [0.2, 0.25) is 0 Å². The maximum absolute atomic E-state index is 14.5. The Bertz CT molecular complexity index is 1130. The summed E-state index contributed by atoms with van der Waals surface area (Å²) in [5.41, 5.74) is 2.69. The van der Waals surface area contributed by atoms with Gasteiger partial charge >= 0.3 is 0 Å². The summed E-state index contributed by atoms with van der Waals surface area (Å²) in [5.74, 6) is -2.24. The summed E-state index contributed by atoms with van der Waals surface area (Å²) < 4.78 is 52.3. The van der Waals surface area contributed by atoms with Gasteiger partial charge in [-0.1, -0.05) is 30.3 Å². The van der Waals surface area contributed by atoms with Gasteiger partial charge in [0.15, 0.2) is 0 Å².